The van der Waals surface area contributed by atoms with E-state index in [1.165, 1.54) is 18.2 Å². The maximum absolute atomic E-state index is 13.0. The predicted octanol–water partition coefficient (Wildman–Crippen LogP) is 4.52. The Morgan fingerprint density at radius 1 is 0.903 bits per heavy atom. The molecule has 0 aliphatic heterocycles. The predicted molar refractivity (Wildman–Crippen MR) is 120 cm³/mol. The van der Waals surface area contributed by atoms with Gasteiger partial charge in [0, 0.05) is 12.1 Å². The minimum absolute atomic E-state index is 0.0552. The summed E-state index contributed by atoms with van der Waals surface area (Å²) in [5.41, 5.74) is 3.95. The third-order valence-electron chi connectivity index (χ3n) is 4.99. The van der Waals surface area contributed by atoms with E-state index in [0.717, 1.165) is 16.7 Å². The van der Waals surface area contributed by atoms with Gasteiger partial charge < -0.3 is 5.32 Å². The number of rotatable bonds is 7. The van der Waals surface area contributed by atoms with Gasteiger partial charge >= 0.3 is 0 Å². The van der Waals surface area contributed by atoms with E-state index in [2.05, 4.69) is 10.0 Å². The smallest absolute Gasteiger partial charge is 0.262 e. The lowest BCUT2D eigenvalue weighted by Crippen LogP contribution is -2.26. The van der Waals surface area contributed by atoms with Crippen LogP contribution in [0.25, 0.3) is 0 Å². The molecule has 0 saturated heterocycles. The fourth-order valence-corrected chi connectivity index (χ4v) is 4.54. The number of sulfonamides is 1. The van der Waals surface area contributed by atoms with Crippen molar-refractivity contribution >= 4 is 21.6 Å². The zero-order chi connectivity index (χ0) is 22.6. The molecule has 0 unspecified atom stereocenters. The van der Waals surface area contributed by atoms with Crippen LogP contribution in [0.4, 0.5) is 10.1 Å². The van der Waals surface area contributed by atoms with Crippen molar-refractivity contribution in [3.05, 3.63) is 94.3 Å². The molecule has 2 N–H and O–H groups in total. The van der Waals surface area contributed by atoms with Crippen molar-refractivity contribution in [3.8, 4) is 0 Å². The molecule has 31 heavy (non-hydrogen) atoms. The van der Waals surface area contributed by atoms with Crippen LogP contribution in [-0.2, 0) is 16.4 Å². The zero-order valence-corrected chi connectivity index (χ0v) is 18.5. The van der Waals surface area contributed by atoms with Gasteiger partial charge in [-0.3, -0.25) is 9.52 Å². The number of halogens is 1. The van der Waals surface area contributed by atoms with E-state index in [9.17, 15) is 17.6 Å². The highest BCUT2D eigenvalue weighted by Crippen LogP contribution is 2.24. The lowest BCUT2D eigenvalue weighted by molar-refractivity contribution is 0.0954. The first kappa shape index (κ1) is 22.5. The zero-order valence-electron chi connectivity index (χ0n) is 17.7. The third-order valence-corrected chi connectivity index (χ3v) is 6.50. The average molecular weight is 441 g/mol. The van der Waals surface area contributed by atoms with Gasteiger partial charge in [0.25, 0.3) is 15.9 Å². The summed E-state index contributed by atoms with van der Waals surface area (Å²) in [5, 5.41) is 2.78. The van der Waals surface area contributed by atoms with Crippen LogP contribution in [-0.4, -0.2) is 20.9 Å². The molecule has 162 valence electrons. The topological polar surface area (TPSA) is 75.3 Å². The lowest BCUT2D eigenvalue weighted by atomic mass is 10.1. The Balaban J connectivity index is 1.74. The molecule has 0 radical (unpaired) electrons. The number of carbonyl (C=O) groups excluding carboxylic acids is 1. The van der Waals surface area contributed by atoms with E-state index < -0.39 is 10.0 Å². The third kappa shape index (κ3) is 5.70. The first-order valence-electron chi connectivity index (χ1n) is 9.89. The molecule has 0 aliphatic rings. The van der Waals surface area contributed by atoms with Gasteiger partial charge in [0.1, 0.15) is 5.82 Å². The monoisotopic (exact) mass is 440 g/mol. The Kier molecular flexibility index (Phi) is 6.75. The van der Waals surface area contributed by atoms with Crippen molar-refractivity contribution in [1.82, 2.24) is 5.32 Å². The molecule has 0 heterocycles. The molecule has 0 fully saturated rings. The van der Waals surface area contributed by atoms with Gasteiger partial charge in [0.05, 0.1) is 10.6 Å². The highest BCUT2D eigenvalue weighted by Gasteiger charge is 2.20. The van der Waals surface area contributed by atoms with Crippen LogP contribution < -0.4 is 10.0 Å². The summed E-state index contributed by atoms with van der Waals surface area (Å²) >= 11 is 0. The Morgan fingerprint density at radius 3 is 2.29 bits per heavy atom. The Bertz CT molecular complexity index is 1210. The fraction of sp³-hybridized carbons (Fsp3) is 0.208. The number of hydrogen-bond donors (Lipinski definition) is 2. The minimum Gasteiger partial charge on any atom is -0.352 e. The molecule has 0 saturated carbocycles. The van der Waals surface area contributed by atoms with Crippen molar-refractivity contribution in [3.63, 3.8) is 0 Å². The van der Waals surface area contributed by atoms with E-state index in [1.807, 2.05) is 26.0 Å². The molecule has 1 amide bonds. The largest absolute Gasteiger partial charge is 0.352 e. The highest BCUT2D eigenvalue weighted by molar-refractivity contribution is 7.92. The van der Waals surface area contributed by atoms with Crippen LogP contribution in [0.3, 0.4) is 0 Å². The summed E-state index contributed by atoms with van der Waals surface area (Å²) in [4.78, 5) is 12.6. The van der Waals surface area contributed by atoms with Gasteiger partial charge in [-0.2, -0.15) is 0 Å². The van der Waals surface area contributed by atoms with E-state index >= 15 is 0 Å². The standard InChI is InChI=1S/C24H25FN2O3S/c1-16-4-5-17(2)22(14-16)27-31(29,30)23-15-20(9-6-18(23)3)24(28)26-13-12-19-7-10-21(25)11-8-19/h4-11,14-15,27H,12-13H2,1-3H3,(H,26,28). The number of hydrogen-bond acceptors (Lipinski definition) is 3. The number of carbonyl (C=O) groups is 1. The van der Waals surface area contributed by atoms with Crippen molar-refractivity contribution in [2.24, 2.45) is 0 Å². The summed E-state index contributed by atoms with van der Waals surface area (Å²) in [6.45, 7) is 5.75. The molecule has 0 aromatic heterocycles. The van der Waals surface area contributed by atoms with Gasteiger partial charge in [0.15, 0.2) is 0 Å². The van der Waals surface area contributed by atoms with Gasteiger partial charge in [-0.05, 0) is 79.8 Å². The second-order valence-electron chi connectivity index (χ2n) is 7.54. The van der Waals surface area contributed by atoms with Gasteiger partial charge in [-0.15, -0.1) is 0 Å². The minimum atomic E-state index is -3.87. The normalized spacial score (nSPS) is 11.2. The molecule has 5 nitrogen and oxygen atoms in total. The molecule has 3 aromatic rings. The molecular weight excluding hydrogens is 415 g/mol. The number of amides is 1. The van der Waals surface area contributed by atoms with Crippen molar-refractivity contribution in [2.75, 3.05) is 11.3 Å². The summed E-state index contributed by atoms with van der Waals surface area (Å²) < 4.78 is 41.6. The molecule has 7 heteroatoms. The van der Waals surface area contributed by atoms with Crippen LogP contribution in [0.1, 0.15) is 32.6 Å². The first-order chi connectivity index (χ1) is 14.7. The average Bonchev–Trinajstić information content (AvgIpc) is 2.72. The van der Waals surface area contributed by atoms with Crippen molar-refractivity contribution in [2.45, 2.75) is 32.1 Å². The SMILES string of the molecule is Cc1ccc(C)c(NS(=O)(=O)c2cc(C(=O)NCCc3ccc(F)cc3)ccc2C)c1. The Hall–Kier alpha value is -3.19. The second kappa shape index (κ2) is 9.31. The summed E-state index contributed by atoms with van der Waals surface area (Å²) in [6.07, 6.45) is 0.539. The van der Waals surface area contributed by atoms with Crippen molar-refractivity contribution in [1.29, 1.82) is 0 Å². The van der Waals surface area contributed by atoms with Gasteiger partial charge in [-0.1, -0.05) is 30.3 Å². The molecule has 0 aliphatic carbocycles. The van der Waals surface area contributed by atoms with Crippen LogP contribution in [0, 0.1) is 26.6 Å². The Morgan fingerprint density at radius 2 is 1.58 bits per heavy atom. The molecule has 0 bridgehead atoms. The van der Waals surface area contributed by atoms with E-state index in [4.69, 9.17) is 0 Å². The van der Waals surface area contributed by atoms with Crippen LogP contribution in [0.2, 0.25) is 0 Å². The number of nitrogens with one attached hydrogen (secondary N) is 2. The molecule has 0 atom stereocenters. The second-order valence-corrected chi connectivity index (χ2v) is 9.19. The molecule has 3 rings (SSSR count). The number of aryl methyl sites for hydroxylation is 3. The summed E-state index contributed by atoms with van der Waals surface area (Å²) in [5.74, 6) is -0.680. The highest BCUT2D eigenvalue weighted by atomic mass is 32.2. The fourth-order valence-electron chi connectivity index (χ4n) is 3.15. The number of anilines is 1. The van der Waals surface area contributed by atoms with Crippen LogP contribution in [0.15, 0.2) is 65.6 Å². The molecule has 3 aromatic carbocycles. The van der Waals surface area contributed by atoms with Crippen molar-refractivity contribution < 1.29 is 17.6 Å². The number of benzene rings is 3. The van der Waals surface area contributed by atoms with Crippen LogP contribution >= 0.6 is 0 Å². The summed E-state index contributed by atoms with van der Waals surface area (Å²) in [6, 6.07) is 16.2. The van der Waals surface area contributed by atoms with Gasteiger partial charge in [0.2, 0.25) is 0 Å². The van der Waals surface area contributed by atoms with Gasteiger partial charge in [-0.25, -0.2) is 12.8 Å². The maximum Gasteiger partial charge on any atom is 0.262 e. The molecular formula is C24H25FN2O3S. The summed E-state index contributed by atoms with van der Waals surface area (Å²) in [7, 11) is -3.87. The molecule has 0 spiro atoms. The quantitative estimate of drug-likeness (QED) is 0.567. The van der Waals surface area contributed by atoms with E-state index in [1.54, 1.807) is 37.3 Å². The van der Waals surface area contributed by atoms with E-state index in [-0.39, 0.29) is 22.2 Å². The van der Waals surface area contributed by atoms with E-state index in [0.29, 0.717) is 24.2 Å². The maximum atomic E-state index is 13.0. The Labute approximate surface area is 182 Å². The van der Waals surface area contributed by atoms with Crippen LogP contribution in [0.5, 0.6) is 0 Å². The first-order valence-corrected chi connectivity index (χ1v) is 11.4. The lowest BCUT2D eigenvalue weighted by Gasteiger charge is -2.14.